The van der Waals surface area contributed by atoms with E-state index in [4.69, 9.17) is 21.8 Å². The lowest BCUT2D eigenvalue weighted by Crippen LogP contribution is -2.63. The van der Waals surface area contributed by atoms with Crippen molar-refractivity contribution in [2.24, 2.45) is 5.41 Å². The first-order valence-corrected chi connectivity index (χ1v) is 16.0. The Balaban J connectivity index is 1.18. The van der Waals surface area contributed by atoms with Gasteiger partial charge in [-0.3, -0.25) is 19.3 Å². The molecule has 3 aromatic heterocycles. The van der Waals surface area contributed by atoms with Crippen molar-refractivity contribution in [3.8, 4) is 22.4 Å². The summed E-state index contributed by atoms with van der Waals surface area (Å²) in [5, 5.41) is 20.4. The summed E-state index contributed by atoms with van der Waals surface area (Å²) in [4.78, 5) is 16.5. The van der Waals surface area contributed by atoms with E-state index < -0.39 is 0 Å². The van der Waals surface area contributed by atoms with Crippen LogP contribution in [0.5, 0.6) is 0 Å². The lowest BCUT2D eigenvalue weighted by atomic mass is 9.60. The zero-order valence-corrected chi connectivity index (χ0v) is 26.1. The number of nitrogens with zero attached hydrogens (tertiary/aromatic N) is 7. The monoisotopic (exact) mass is 608 g/mol. The van der Waals surface area contributed by atoms with Gasteiger partial charge in [-0.1, -0.05) is 24.2 Å². The normalized spacial score (nSPS) is 18.4. The fraction of sp³-hybridized carbons (Fsp3) is 0.412. The molecule has 1 N–H and O–H groups in total. The van der Waals surface area contributed by atoms with Gasteiger partial charge in [0.1, 0.15) is 5.69 Å². The molecule has 1 spiro atoms. The fourth-order valence-corrected chi connectivity index (χ4v) is 8.15. The van der Waals surface area contributed by atoms with Crippen LogP contribution in [0.2, 0.25) is 5.02 Å². The van der Waals surface area contributed by atoms with Crippen LogP contribution in [0.25, 0.3) is 44.2 Å². The lowest BCUT2D eigenvalue weighted by molar-refractivity contribution is -0.149. The van der Waals surface area contributed by atoms with E-state index >= 15 is 0 Å². The highest BCUT2D eigenvalue weighted by Crippen LogP contribution is 2.55. The number of likely N-dealkylation sites (tertiary alicyclic amines) is 2. The van der Waals surface area contributed by atoms with Gasteiger partial charge in [0, 0.05) is 58.2 Å². The van der Waals surface area contributed by atoms with Crippen LogP contribution in [-0.4, -0.2) is 78.2 Å². The van der Waals surface area contributed by atoms with Crippen LogP contribution in [0.3, 0.4) is 0 Å². The molecule has 2 aromatic carbocycles. The van der Waals surface area contributed by atoms with Gasteiger partial charge in [0.25, 0.3) is 0 Å². The molecule has 3 fully saturated rings. The van der Waals surface area contributed by atoms with Gasteiger partial charge >= 0.3 is 0 Å². The van der Waals surface area contributed by atoms with Gasteiger partial charge in [-0.05, 0) is 82.5 Å². The van der Waals surface area contributed by atoms with E-state index in [2.05, 4.69) is 62.2 Å². The number of fused-ring (bicyclic) bond motifs is 2. The summed E-state index contributed by atoms with van der Waals surface area (Å²) >= 11 is 7.11. The van der Waals surface area contributed by atoms with E-state index in [0.717, 1.165) is 99.5 Å². The zero-order chi connectivity index (χ0) is 30.2. The molecule has 44 heavy (non-hydrogen) atoms. The summed E-state index contributed by atoms with van der Waals surface area (Å²) in [5.41, 5.74) is 8.35. The molecule has 3 aliphatic rings. The number of hydrogen-bond donors (Lipinski definition) is 1. The number of nitrogens with one attached hydrogen (secondary N) is 1. The van der Waals surface area contributed by atoms with Crippen molar-refractivity contribution < 1.29 is 4.79 Å². The largest absolute Gasteiger partial charge is 0.338 e. The topological polar surface area (TPSA) is 87.9 Å². The van der Waals surface area contributed by atoms with E-state index in [-0.39, 0.29) is 17.4 Å². The molecule has 9 nitrogen and oxygen atoms in total. The van der Waals surface area contributed by atoms with Crippen LogP contribution in [0.4, 0.5) is 0 Å². The number of rotatable bonds is 7. The molecule has 0 radical (unpaired) electrons. The number of benzene rings is 2. The molecular formula is C34H37ClN8O. The predicted octanol–water partition coefficient (Wildman–Crippen LogP) is 6.16. The van der Waals surface area contributed by atoms with Crippen LogP contribution in [-0.2, 0) is 11.3 Å². The molecule has 0 bridgehead atoms. The second kappa shape index (κ2) is 10.3. The van der Waals surface area contributed by atoms with Gasteiger partial charge in [0.2, 0.25) is 5.91 Å². The second-order valence-electron chi connectivity index (χ2n) is 13.1. The first kappa shape index (κ1) is 27.6. The van der Waals surface area contributed by atoms with E-state index in [1.54, 1.807) is 0 Å². The second-order valence-corrected chi connectivity index (χ2v) is 13.5. The highest BCUT2D eigenvalue weighted by molar-refractivity contribution is 6.36. The predicted molar refractivity (Wildman–Crippen MR) is 174 cm³/mol. The Morgan fingerprint density at radius 2 is 1.91 bits per heavy atom. The Hall–Kier alpha value is -3.95. The Kier molecular flexibility index (Phi) is 6.46. The SMILES string of the molecule is C=CC(=O)N1CC2(CC(n3nc(-c4ccc5c(cnn5CCN5CCCC5)c4)c(-c4c(Cl)c(C)cc5[nH]ncc45)c3C)C2)C1. The summed E-state index contributed by atoms with van der Waals surface area (Å²) in [6.07, 6.45) is 9.84. The van der Waals surface area contributed by atoms with E-state index in [0.29, 0.717) is 0 Å². The number of aryl methyl sites for hydroxylation is 1. The Morgan fingerprint density at radius 3 is 2.68 bits per heavy atom. The van der Waals surface area contributed by atoms with Gasteiger partial charge in [-0.25, -0.2) is 0 Å². The van der Waals surface area contributed by atoms with Crippen LogP contribution < -0.4 is 0 Å². The number of H-pyrrole nitrogens is 1. The average molecular weight is 609 g/mol. The van der Waals surface area contributed by atoms with Gasteiger partial charge in [0.05, 0.1) is 41.0 Å². The first-order valence-electron chi connectivity index (χ1n) is 15.7. The highest BCUT2D eigenvalue weighted by atomic mass is 35.5. The van der Waals surface area contributed by atoms with Crippen molar-refractivity contribution in [2.75, 3.05) is 32.7 Å². The third-order valence-electron chi connectivity index (χ3n) is 10.2. The minimum absolute atomic E-state index is 0.0203. The molecule has 0 unspecified atom stereocenters. The Morgan fingerprint density at radius 1 is 1.11 bits per heavy atom. The van der Waals surface area contributed by atoms with Crippen molar-refractivity contribution in [2.45, 2.75) is 52.1 Å². The molecule has 5 heterocycles. The number of aromatic nitrogens is 6. The number of carbonyl (C=O) groups is 1. The quantitative estimate of drug-likeness (QED) is 0.224. The van der Waals surface area contributed by atoms with Crippen LogP contribution in [0, 0.1) is 19.3 Å². The maximum absolute atomic E-state index is 12.1. The number of aromatic amines is 1. The van der Waals surface area contributed by atoms with Crippen molar-refractivity contribution >= 4 is 39.3 Å². The third kappa shape index (κ3) is 4.31. The third-order valence-corrected chi connectivity index (χ3v) is 10.7. The Bertz CT molecular complexity index is 1930. The van der Waals surface area contributed by atoms with Gasteiger partial charge in [0.15, 0.2) is 0 Å². The van der Waals surface area contributed by atoms with Crippen molar-refractivity contribution in [3.05, 3.63) is 65.6 Å². The maximum atomic E-state index is 12.1. The molecular weight excluding hydrogens is 572 g/mol. The summed E-state index contributed by atoms with van der Waals surface area (Å²) < 4.78 is 4.34. The van der Waals surface area contributed by atoms with Crippen molar-refractivity contribution in [3.63, 3.8) is 0 Å². The van der Waals surface area contributed by atoms with Gasteiger partial charge in [-0.15, -0.1) is 0 Å². The molecule has 2 saturated heterocycles. The lowest BCUT2D eigenvalue weighted by Gasteiger charge is -2.58. The molecule has 1 saturated carbocycles. The molecule has 1 amide bonds. The molecule has 0 atom stereocenters. The van der Waals surface area contributed by atoms with E-state index in [9.17, 15) is 4.79 Å². The molecule has 5 aromatic rings. The zero-order valence-electron chi connectivity index (χ0n) is 25.3. The van der Waals surface area contributed by atoms with Crippen LogP contribution >= 0.6 is 11.6 Å². The summed E-state index contributed by atoms with van der Waals surface area (Å²) in [6.45, 7) is 13.7. The van der Waals surface area contributed by atoms with Gasteiger partial charge < -0.3 is 9.80 Å². The van der Waals surface area contributed by atoms with E-state index in [1.807, 2.05) is 24.2 Å². The maximum Gasteiger partial charge on any atom is 0.245 e. The minimum Gasteiger partial charge on any atom is -0.338 e. The van der Waals surface area contributed by atoms with Crippen molar-refractivity contribution in [1.29, 1.82) is 0 Å². The first-order chi connectivity index (χ1) is 21.3. The average Bonchev–Trinajstić information content (AvgIpc) is 3.79. The smallest absolute Gasteiger partial charge is 0.245 e. The number of carbonyl (C=O) groups excluding carboxylic acids is 1. The number of amides is 1. The number of halogens is 1. The molecule has 226 valence electrons. The number of hydrogen-bond acceptors (Lipinski definition) is 5. The van der Waals surface area contributed by atoms with Crippen LogP contribution in [0.15, 0.2) is 49.3 Å². The standard InChI is InChI=1S/C34H37ClN8O/c1-4-29(44)41-19-34(20-41)15-25(16-34)43-22(3)30(31-26-18-36-38-27(26)13-21(2)32(31)35)33(39-43)23-7-8-28-24(14-23)17-37-42(28)12-11-40-9-5-6-10-40/h4,7-8,13-14,17-18,25H,1,5-6,9-12,15-16,19-20H2,2-3H3,(H,36,38). The van der Waals surface area contributed by atoms with Crippen molar-refractivity contribution in [1.82, 2.24) is 39.6 Å². The summed E-state index contributed by atoms with van der Waals surface area (Å²) in [7, 11) is 0. The molecule has 1 aliphatic carbocycles. The minimum atomic E-state index is 0.0203. The summed E-state index contributed by atoms with van der Waals surface area (Å²) in [6, 6.07) is 8.90. The van der Waals surface area contributed by atoms with E-state index in [1.165, 1.54) is 32.0 Å². The van der Waals surface area contributed by atoms with Gasteiger partial charge in [-0.2, -0.15) is 15.3 Å². The highest BCUT2D eigenvalue weighted by Gasteiger charge is 2.54. The molecule has 10 heteroatoms. The molecule has 8 rings (SSSR count). The molecule has 2 aliphatic heterocycles. The Labute approximate surface area is 261 Å². The summed E-state index contributed by atoms with van der Waals surface area (Å²) in [5.74, 6) is 0.0203. The van der Waals surface area contributed by atoms with Crippen LogP contribution in [0.1, 0.15) is 43.0 Å². The fourth-order valence-electron chi connectivity index (χ4n) is 7.89.